The van der Waals surface area contributed by atoms with Gasteiger partial charge in [0.15, 0.2) is 0 Å². The van der Waals surface area contributed by atoms with Crippen molar-refractivity contribution in [2.45, 2.75) is 13.0 Å². The summed E-state index contributed by atoms with van der Waals surface area (Å²) in [5.41, 5.74) is 6.85. The second-order valence-corrected chi connectivity index (χ2v) is 4.88. The molecule has 0 fully saturated rings. The molecule has 1 amide bonds. The van der Waals surface area contributed by atoms with E-state index >= 15 is 0 Å². The molecule has 2 aromatic rings. The quantitative estimate of drug-likeness (QED) is 0.653. The van der Waals surface area contributed by atoms with Crippen LogP contribution >= 0.6 is 15.9 Å². The molecule has 1 aromatic heterocycles. The number of nitrogens with one attached hydrogen (secondary N) is 1. The number of benzene rings is 1. The molecule has 3 N–H and O–H groups in total. The molecule has 0 saturated carbocycles. The van der Waals surface area contributed by atoms with Crippen molar-refractivity contribution >= 4 is 27.5 Å². The molecule has 0 saturated heterocycles. The van der Waals surface area contributed by atoms with Crippen LogP contribution in [-0.4, -0.2) is 22.2 Å². The van der Waals surface area contributed by atoms with Crippen LogP contribution in [0.25, 0.3) is 0 Å². The highest BCUT2D eigenvalue weighted by Crippen LogP contribution is 2.23. The number of carbonyl (C=O) groups is 1. The van der Waals surface area contributed by atoms with Crippen molar-refractivity contribution in [3.05, 3.63) is 46.7 Å². The first-order valence-electron chi connectivity index (χ1n) is 5.98. The van der Waals surface area contributed by atoms with E-state index in [1.807, 2.05) is 16.9 Å². The van der Waals surface area contributed by atoms with E-state index in [1.165, 1.54) is 0 Å². The van der Waals surface area contributed by atoms with Crippen LogP contribution < -0.4 is 11.1 Å². The second-order valence-electron chi connectivity index (χ2n) is 4.09. The largest absolute Gasteiger partial charge is 0.398 e. The number of hydrogen-bond donors (Lipinski definition) is 2. The van der Waals surface area contributed by atoms with E-state index in [9.17, 15) is 4.79 Å². The summed E-state index contributed by atoms with van der Waals surface area (Å²) in [6.45, 7) is 1.38. The molecule has 19 heavy (non-hydrogen) atoms. The molecule has 100 valence electrons. The Balaban J connectivity index is 1.83. The average Bonchev–Trinajstić information content (AvgIpc) is 2.91. The maximum absolute atomic E-state index is 12.0. The summed E-state index contributed by atoms with van der Waals surface area (Å²) in [7, 11) is 0. The van der Waals surface area contributed by atoms with Crippen LogP contribution in [0.5, 0.6) is 0 Å². The van der Waals surface area contributed by atoms with Gasteiger partial charge in [-0.05, 0) is 40.5 Å². The van der Waals surface area contributed by atoms with Crippen molar-refractivity contribution < 1.29 is 4.79 Å². The molecule has 0 bridgehead atoms. The topological polar surface area (TPSA) is 72.9 Å². The summed E-state index contributed by atoms with van der Waals surface area (Å²) >= 11 is 3.32. The Hall–Kier alpha value is -1.82. The van der Waals surface area contributed by atoms with E-state index in [-0.39, 0.29) is 5.91 Å². The Bertz CT molecular complexity index is 554. The number of nitrogens with two attached hydrogens (primary N) is 1. The summed E-state index contributed by atoms with van der Waals surface area (Å²) in [5, 5.41) is 6.96. The summed E-state index contributed by atoms with van der Waals surface area (Å²) in [4.78, 5) is 12.0. The van der Waals surface area contributed by atoms with Crippen molar-refractivity contribution in [3.63, 3.8) is 0 Å². The fourth-order valence-electron chi connectivity index (χ4n) is 1.70. The molecule has 0 aliphatic heterocycles. The number of aromatic nitrogens is 2. The Labute approximate surface area is 119 Å². The zero-order valence-electron chi connectivity index (χ0n) is 10.3. The van der Waals surface area contributed by atoms with Gasteiger partial charge in [0.1, 0.15) is 0 Å². The van der Waals surface area contributed by atoms with Gasteiger partial charge in [0, 0.05) is 31.2 Å². The first-order valence-corrected chi connectivity index (χ1v) is 6.77. The fraction of sp³-hybridized carbons (Fsp3) is 0.231. The van der Waals surface area contributed by atoms with Gasteiger partial charge in [0.05, 0.1) is 10.0 Å². The number of nitrogens with zero attached hydrogens (tertiary/aromatic N) is 2. The SMILES string of the molecule is Nc1cccc(C(=O)NCCCn2cccn2)c1Br. The number of rotatable bonds is 5. The average molecular weight is 323 g/mol. The summed E-state index contributed by atoms with van der Waals surface area (Å²) in [5.74, 6) is -0.125. The van der Waals surface area contributed by atoms with E-state index in [2.05, 4.69) is 26.3 Å². The molecule has 5 nitrogen and oxygen atoms in total. The summed E-state index contributed by atoms with van der Waals surface area (Å²) in [6, 6.07) is 7.13. The molecule has 0 unspecified atom stereocenters. The molecule has 0 aliphatic carbocycles. The van der Waals surface area contributed by atoms with Crippen LogP contribution in [0.1, 0.15) is 16.8 Å². The number of halogens is 1. The molecular weight excluding hydrogens is 308 g/mol. The normalized spacial score (nSPS) is 10.4. The number of carbonyl (C=O) groups excluding carboxylic acids is 1. The van der Waals surface area contributed by atoms with E-state index < -0.39 is 0 Å². The Morgan fingerprint density at radius 3 is 3.00 bits per heavy atom. The van der Waals surface area contributed by atoms with Crippen molar-refractivity contribution in [3.8, 4) is 0 Å². The van der Waals surface area contributed by atoms with Crippen LogP contribution in [0.2, 0.25) is 0 Å². The van der Waals surface area contributed by atoms with Gasteiger partial charge in [0.2, 0.25) is 0 Å². The zero-order valence-corrected chi connectivity index (χ0v) is 11.9. The molecule has 1 heterocycles. The lowest BCUT2D eigenvalue weighted by Gasteiger charge is -2.08. The highest BCUT2D eigenvalue weighted by molar-refractivity contribution is 9.10. The van der Waals surface area contributed by atoms with Crippen molar-refractivity contribution in [2.75, 3.05) is 12.3 Å². The lowest BCUT2D eigenvalue weighted by molar-refractivity contribution is 0.0952. The minimum Gasteiger partial charge on any atom is -0.398 e. The van der Waals surface area contributed by atoms with Gasteiger partial charge in [-0.2, -0.15) is 5.10 Å². The van der Waals surface area contributed by atoms with E-state index in [0.717, 1.165) is 13.0 Å². The van der Waals surface area contributed by atoms with Gasteiger partial charge >= 0.3 is 0 Å². The first-order chi connectivity index (χ1) is 9.18. The summed E-state index contributed by atoms with van der Waals surface area (Å²) in [6.07, 6.45) is 4.46. The van der Waals surface area contributed by atoms with E-state index in [1.54, 1.807) is 24.4 Å². The highest BCUT2D eigenvalue weighted by atomic mass is 79.9. The Morgan fingerprint density at radius 1 is 1.42 bits per heavy atom. The van der Waals surface area contributed by atoms with Crippen LogP contribution in [0, 0.1) is 0 Å². The second kappa shape index (κ2) is 6.38. The van der Waals surface area contributed by atoms with Gasteiger partial charge in [-0.3, -0.25) is 9.48 Å². The number of nitrogen functional groups attached to an aromatic ring is 1. The minimum atomic E-state index is -0.125. The van der Waals surface area contributed by atoms with Gasteiger partial charge in [-0.1, -0.05) is 6.07 Å². The maximum atomic E-state index is 12.0. The first kappa shape index (κ1) is 13.6. The van der Waals surface area contributed by atoms with Crippen LogP contribution in [0.15, 0.2) is 41.1 Å². The molecule has 0 atom stereocenters. The highest BCUT2D eigenvalue weighted by Gasteiger charge is 2.10. The molecule has 0 spiro atoms. The molecular formula is C13H15BrN4O. The predicted molar refractivity (Wildman–Crippen MR) is 77.7 cm³/mol. The van der Waals surface area contributed by atoms with Gasteiger partial charge in [0.25, 0.3) is 5.91 Å². The number of hydrogen-bond acceptors (Lipinski definition) is 3. The van der Waals surface area contributed by atoms with Crippen LogP contribution in [-0.2, 0) is 6.54 Å². The standard InChI is InChI=1S/C13H15BrN4O/c14-12-10(4-1-5-11(12)15)13(19)16-6-2-8-18-9-3-7-17-18/h1,3-5,7,9H,2,6,8,15H2,(H,16,19). The Morgan fingerprint density at radius 2 is 2.26 bits per heavy atom. The molecule has 2 rings (SSSR count). The maximum Gasteiger partial charge on any atom is 0.252 e. The smallest absolute Gasteiger partial charge is 0.252 e. The number of aryl methyl sites for hydroxylation is 1. The van der Waals surface area contributed by atoms with E-state index in [0.29, 0.717) is 22.3 Å². The fourth-order valence-corrected chi connectivity index (χ4v) is 2.14. The zero-order chi connectivity index (χ0) is 13.7. The third-order valence-corrected chi connectivity index (χ3v) is 3.57. The lowest BCUT2D eigenvalue weighted by atomic mass is 10.2. The predicted octanol–water partition coefficient (Wildman–Crippen LogP) is 2.05. The lowest BCUT2D eigenvalue weighted by Crippen LogP contribution is -2.25. The van der Waals surface area contributed by atoms with Crippen molar-refractivity contribution in [1.29, 1.82) is 0 Å². The van der Waals surface area contributed by atoms with E-state index in [4.69, 9.17) is 5.73 Å². The van der Waals surface area contributed by atoms with Gasteiger partial charge in [-0.25, -0.2) is 0 Å². The van der Waals surface area contributed by atoms with Gasteiger partial charge in [-0.15, -0.1) is 0 Å². The van der Waals surface area contributed by atoms with Gasteiger partial charge < -0.3 is 11.1 Å². The molecule has 1 aromatic carbocycles. The van der Waals surface area contributed by atoms with Crippen LogP contribution in [0.3, 0.4) is 0 Å². The molecule has 6 heteroatoms. The third-order valence-electron chi connectivity index (χ3n) is 2.68. The Kier molecular flexibility index (Phi) is 4.57. The monoisotopic (exact) mass is 322 g/mol. The number of anilines is 1. The van der Waals surface area contributed by atoms with Crippen LogP contribution in [0.4, 0.5) is 5.69 Å². The number of amides is 1. The van der Waals surface area contributed by atoms with Crippen molar-refractivity contribution in [2.24, 2.45) is 0 Å². The molecule has 0 radical (unpaired) electrons. The van der Waals surface area contributed by atoms with Crippen molar-refractivity contribution in [1.82, 2.24) is 15.1 Å². The summed E-state index contributed by atoms with van der Waals surface area (Å²) < 4.78 is 2.47. The third kappa shape index (κ3) is 3.57. The minimum absolute atomic E-state index is 0.125. The molecule has 0 aliphatic rings.